The van der Waals surface area contributed by atoms with Gasteiger partial charge in [-0.1, -0.05) is 23.7 Å². The van der Waals surface area contributed by atoms with Crippen LogP contribution in [-0.2, 0) is 20.9 Å². The Labute approximate surface area is 130 Å². The molecule has 1 saturated heterocycles. The van der Waals surface area contributed by atoms with E-state index >= 15 is 0 Å². The molecule has 0 aliphatic carbocycles. The minimum Gasteiger partial charge on any atom is -0.446 e. The highest BCUT2D eigenvalue weighted by molar-refractivity contribution is 6.30. The molecule has 0 radical (unpaired) electrons. The van der Waals surface area contributed by atoms with Gasteiger partial charge in [0.15, 0.2) is 6.23 Å². The first-order valence-electron chi connectivity index (χ1n) is 7.15. The van der Waals surface area contributed by atoms with Crippen molar-refractivity contribution in [2.75, 3.05) is 6.54 Å². The van der Waals surface area contributed by atoms with E-state index in [1.165, 1.54) is 0 Å². The van der Waals surface area contributed by atoms with E-state index in [2.05, 4.69) is 5.32 Å². The van der Waals surface area contributed by atoms with E-state index < -0.39 is 5.41 Å². The van der Waals surface area contributed by atoms with Gasteiger partial charge in [-0.15, -0.1) is 0 Å². The minimum atomic E-state index is -0.482. The summed E-state index contributed by atoms with van der Waals surface area (Å²) in [6.45, 7) is 6.76. The van der Waals surface area contributed by atoms with Gasteiger partial charge in [0.1, 0.15) is 0 Å². The number of esters is 1. The van der Waals surface area contributed by atoms with E-state index in [9.17, 15) is 4.79 Å². The lowest BCUT2D eigenvalue weighted by atomic mass is 9.97. The van der Waals surface area contributed by atoms with Crippen molar-refractivity contribution in [1.29, 1.82) is 0 Å². The summed E-state index contributed by atoms with van der Waals surface area (Å²) < 4.78 is 11.3. The summed E-state index contributed by atoms with van der Waals surface area (Å²) >= 11 is 5.84. The van der Waals surface area contributed by atoms with Crippen LogP contribution in [0.25, 0.3) is 0 Å². The second kappa shape index (κ2) is 6.77. The van der Waals surface area contributed by atoms with Crippen molar-refractivity contribution < 1.29 is 14.3 Å². The normalized spacial score (nSPS) is 22.3. The Morgan fingerprint density at radius 3 is 2.62 bits per heavy atom. The van der Waals surface area contributed by atoms with Gasteiger partial charge in [-0.25, -0.2) is 0 Å². The van der Waals surface area contributed by atoms with Crippen LogP contribution < -0.4 is 5.32 Å². The van der Waals surface area contributed by atoms with Crippen LogP contribution in [0.15, 0.2) is 24.3 Å². The molecule has 116 valence electrons. The Morgan fingerprint density at radius 1 is 1.33 bits per heavy atom. The second-order valence-corrected chi connectivity index (χ2v) is 6.78. The quantitative estimate of drug-likeness (QED) is 0.868. The molecule has 0 bridgehead atoms. The molecular weight excluding hydrogens is 290 g/mol. The van der Waals surface area contributed by atoms with Gasteiger partial charge < -0.3 is 9.47 Å². The molecule has 2 unspecified atom stereocenters. The van der Waals surface area contributed by atoms with Crippen molar-refractivity contribution in [2.24, 2.45) is 5.41 Å². The molecule has 1 aromatic rings. The van der Waals surface area contributed by atoms with Crippen LogP contribution in [0, 0.1) is 5.41 Å². The van der Waals surface area contributed by atoms with Crippen LogP contribution in [0.2, 0.25) is 5.02 Å². The fourth-order valence-electron chi connectivity index (χ4n) is 1.99. The predicted molar refractivity (Wildman–Crippen MR) is 82.0 cm³/mol. The van der Waals surface area contributed by atoms with Crippen molar-refractivity contribution in [3.05, 3.63) is 34.9 Å². The van der Waals surface area contributed by atoms with Crippen LogP contribution in [0.5, 0.6) is 0 Å². The van der Waals surface area contributed by atoms with Crippen LogP contribution in [0.4, 0.5) is 0 Å². The van der Waals surface area contributed by atoms with E-state index in [0.29, 0.717) is 19.6 Å². The Kier molecular flexibility index (Phi) is 5.25. The lowest BCUT2D eigenvalue weighted by Gasteiger charge is -2.20. The van der Waals surface area contributed by atoms with Gasteiger partial charge in [0, 0.05) is 18.0 Å². The number of carbonyl (C=O) groups excluding carboxylic acids is 1. The third-order valence-corrected chi connectivity index (χ3v) is 3.56. The summed E-state index contributed by atoms with van der Waals surface area (Å²) in [7, 11) is 0. The molecule has 0 aromatic heterocycles. The molecule has 1 N–H and O–H groups in total. The van der Waals surface area contributed by atoms with Crippen molar-refractivity contribution in [3.8, 4) is 0 Å². The smallest absolute Gasteiger partial charge is 0.312 e. The zero-order valence-electron chi connectivity index (χ0n) is 12.7. The monoisotopic (exact) mass is 311 g/mol. The zero-order chi connectivity index (χ0) is 15.5. The topological polar surface area (TPSA) is 47.6 Å². The average Bonchev–Trinajstić information content (AvgIpc) is 2.85. The van der Waals surface area contributed by atoms with Gasteiger partial charge in [-0.05, 0) is 38.5 Å². The lowest BCUT2D eigenvalue weighted by Crippen LogP contribution is -2.33. The van der Waals surface area contributed by atoms with Crippen LogP contribution >= 0.6 is 11.6 Å². The van der Waals surface area contributed by atoms with Gasteiger partial charge in [0.25, 0.3) is 0 Å². The summed E-state index contributed by atoms with van der Waals surface area (Å²) in [5.41, 5.74) is 0.596. The lowest BCUT2D eigenvalue weighted by molar-refractivity contribution is -0.159. The number of ether oxygens (including phenoxy) is 2. The highest BCUT2D eigenvalue weighted by Crippen LogP contribution is 2.20. The number of hydrogen-bond donors (Lipinski definition) is 1. The maximum atomic E-state index is 11.8. The van der Waals surface area contributed by atoms with Crippen molar-refractivity contribution in [3.63, 3.8) is 0 Å². The molecule has 21 heavy (non-hydrogen) atoms. The first-order valence-corrected chi connectivity index (χ1v) is 7.53. The number of rotatable bonds is 4. The third kappa shape index (κ3) is 4.99. The van der Waals surface area contributed by atoms with Gasteiger partial charge in [0.05, 0.1) is 18.1 Å². The first-order chi connectivity index (χ1) is 9.84. The molecule has 0 amide bonds. The number of carbonyl (C=O) groups is 1. The largest absolute Gasteiger partial charge is 0.446 e. The summed E-state index contributed by atoms with van der Waals surface area (Å²) in [5.74, 6) is -0.196. The minimum absolute atomic E-state index is 0.0541. The Morgan fingerprint density at radius 2 is 2.00 bits per heavy atom. The van der Waals surface area contributed by atoms with Gasteiger partial charge in [0.2, 0.25) is 0 Å². The highest BCUT2D eigenvalue weighted by Gasteiger charge is 2.31. The standard InChI is InChI=1S/C16H22ClNO3/c1-16(2,3)15(19)21-14-8-13(9-18-14)20-10-11-4-6-12(17)7-5-11/h4-7,13-14,18H,8-10H2,1-3H3. The molecule has 2 rings (SSSR count). The fraction of sp³-hybridized carbons (Fsp3) is 0.562. The molecule has 1 aliphatic rings. The van der Waals surface area contributed by atoms with Gasteiger partial charge in [-0.3, -0.25) is 10.1 Å². The Balaban J connectivity index is 1.75. The molecular formula is C16H22ClNO3. The van der Waals surface area contributed by atoms with E-state index in [1.54, 1.807) is 0 Å². The number of hydrogen-bond acceptors (Lipinski definition) is 4. The van der Waals surface area contributed by atoms with E-state index in [0.717, 1.165) is 10.6 Å². The summed E-state index contributed by atoms with van der Waals surface area (Å²) in [6.07, 6.45) is 0.473. The molecule has 2 atom stereocenters. The maximum absolute atomic E-state index is 11.8. The molecule has 0 saturated carbocycles. The molecule has 1 heterocycles. The van der Waals surface area contributed by atoms with Gasteiger partial charge >= 0.3 is 5.97 Å². The summed E-state index contributed by atoms with van der Waals surface area (Å²) in [6, 6.07) is 7.59. The molecule has 1 fully saturated rings. The Bertz CT molecular complexity index is 481. The van der Waals surface area contributed by atoms with Crippen molar-refractivity contribution in [1.82, 2.24) is 5.32 Å². The molecule has 4 nitrogen and oxygen atoms in total. The van der Waals surface area contributed by atoms with Crippen LogP contribution in [0.3, 0.4) is 0 Å². The number of nitrogens with one attached hydrogen (secondary N) is 1. The highest BCUT2D eigenvalue weighted by atomic mass is 35.5. The number of benzene rings is 1. The van der Waals surface area contributed by atoms with E-state index in [-0.39, 0.29) is 18.3 Å². The second-order valence-electron chi connectivity index (χ2n) is 6.35. The SMILES string of the molecule is CC(C)(C)C(=O)OC1CC(OCc2ccc(Cl)cc2)CN1. The Hall–Kier alpha value is -1.10. The molecule has 0 spiro atoms. The maximum Gasteiger partial charge on any atom is 0.312 e. The summed E-state index contributed by atoms with van der Waals surface area (Å²) in [5, 5.41) is 3.88. The number of halogens is 1. The average molecular weight is 312 g/mol. The third-order valence-electron chi connectivity index (χ3n) is 3.31. The van der Waals surface area contributed by atoms with Crippen molar-refractivity contribution >= 4 is 17.6 Å². The molecule has 5 heteroatoms. The van der Waals surface area contributed by atoms with Crippen LogP contribution in [0.1, 0.15) is 32.8 Å². The van der Waals surface area contributed by atoms with Crippen LogP contribution in [-0.4, -0.2) is 24.8 Å². The van der Waals surface area contributed by atoms with Gasteiger partial charge in [-0.2, -0.15) is 0 Å². The molecule has 1 aliphatic heterocycles. The first kappa shape index (κ1) is 16.3. The fourth-order valence-corrected chi connectivity index (χ4v) is 2.11. The van der Waals surface area contributed by atoms with E-state index in [1.807, 2.05) is 45.0 Å². The summed E-state index contributed by atoms with van der Waals surface area (Å²) in [4.78, 5) is 11.8. The zero-order valence-corrected chi connectivity index (χ0v) is 13.4. The predicted octanol–water partition coefficient (Wildman–Crippen LogP) is 3.13. The van der Waals surface area contributed by atoms with E-state index in [4.69, 9.17) is 21.1 Å². The molecule has 1 aromatic carbocycles. The van der Waals surface area contributed by atoms with Crippen molar-refractivity contribution in [2.45, 2.75) is 46.1 Å².